The summed E-state index contributed by atoms with van der Waals surface area (Å²) in [5.41, 5.74) is 0.873. The summed E-state index contributed by atoms with van der Waals surface area (Å²) >= 11 is 1.21. The Hall–Kier alpha value is -2.37. The first-order valence-electron chi connectivity index (χ1n) is 10.4. The lowest BCUT2D eigenvalue weighted by atomic mass is 10.1. The fraction of sp³-hybridized carbons (Fsp3) is 0.435. The Balaban J connectivity index is 2.35. The molecule has 1 heterocycles. The van der Waals surface area contributed by atoms with Gasteiger partial charge in [0.15, 0.2) is 9.84 Å². The standard InChI is InChI=1S/C23H29F3N2O4S2/c1-16(23(24,25)26)13-19(28(4)15-22(29)32-12-11-27(2)3)21-10-9-20(33-21)17-7-6-8-18(14-17)34(5,30)31/h6-10,13-14,16H,11-12,15H2,1-5H3/b19-13-. The van der Waals surface area contributed by atoms with E-state index >= 15 is 0 Å². The molecule has 0 fully saturated rings. The van der Waals surface area contributed by atoms with Crippen LogP contribution in [0.15, 0.2) is 47.4 Å². The summed E-state index contributed by atoms with van der Waals surface area (Å²) in [5.74, 6) is -2.29. The minimum absolute atomic E-state index is 0.152. The first-order valence-corrected chi connectivity index (χ1v) is 13.1. The number of thiophene rings is 1. The fourth-order valence-electron chi connectivity index (χ4n) is 2.91. The second-order valence-corrected chi connectivity index (χ2v) is 11.3. The smallest absolute Gasteiger partial charge is 0.394 e. The number of alkyl halides is 3. The van der Waals surface area contributed by atoms with Crippen LogP contribution in [-0.4, -0.2) is 77.5 Å². The van der Waals surface area contributed by atoms with E-state index in [-0.39, 0.29) is 23.7 Å². The van der Waals surface area contributed by atoms with Crippen LogP contribution in [0.25, 0.3) is 16.1 Å². The largest absolute Gasteiger partial charge is 0.463 e. The Morgan fingerprint density at radius 3 is 2.44 bits per heavy atom. The predicted octanol–water partition coefficient (Wildman–Crippen LogP) is 4.39. The summed E-state index contributed by atoms with van der Waals surface area (Å²) < 4.78 is 68.9. The van der Waals surface area contributed by atoms with E-state index < -0.39 is 27.9 Å². The molecule has 34 heavy (non-hydrogen) atoms. The van der Waals surface area contributed by atoms with Crippen molar-refractivity contribution in [3.63, 3.8) is 0 Å². The third-order valence-electron chi connectivity index (χ3n) is 4.91. The third kappa shape index (κ3) is 8.14. The van der Waals surface area contributed by atoms with Crippen molar-refractivity contribution in [1.29, 1.82) is 0 Å². The van der Waals surface area contributed by atoms with Crippen LogP contribution in [0.2, 0.25) is 0 Å². The summed E-state index contributed by atoms with van der Waals surface area (Å²) in [6.07, 6.45) is -2.25. The van der Waals surface area contributed by atoms with Crippen molar-refractivity contribution in [2.75, 3.05) is 47.1 Å². The number of esters is 1. The van der Waals surface area contributed by atoms with Crippen LogP contribution in [0.5, 0.6) is 0 Å². The van der Waals surface area contributed by atoms with Gasteiger partial charge in [-0.25, -0.2) is 8.42 Å². The van der Waals surface area contributed by atoms with Crippen LogP contribution in [0.1, 0.15) is 11.8 Å². The van der Waals surface area contributed by atoms with Crippen molar-refractivity contribution in [3.8, 4) is 10.4 Å². The highest BCUT2D eigenvalue weighted by Gasteiger charge is 2.35. The summed E-state index contributed by atoms with van der Waals surface area (Å²) in [5, 5.41) is 0. The SMILES string of the molecule is CC(/C=C(/c1ccc(-c2cccc(S(C)(=O)=O)c2)s1)N(C)CC(=O)OCCN(C)C)C(F)(F)F. The Labute approximate surface area is 202 Å². The maximum Gasteiger partial charge on any atom is 0.394 e. The van der Waals surface area contributed by atoms with Gasteiger partial charge in [0.1, 0.15) is 13.2 Å². The Bertz CT molecular complexity index is 1130. The van der Waals surface area contributed by atoms with Gasteiger partial charge in [0.2, 0.25) is 0 Å². The molecule has 0 bridgehead atoms. The van der Waals surface area contributed by atoms with Gasteiger partial charge in [-0.1, -0.05) is 19.1 Å². The van der Waals surface area contributed by atoms with Crippen molar-refractivity contribution in [2.24, 2.45) is 5.92 Å². The van der Waals surface area contributed by atoms with Crippen LogP contribution >= 0.6 is 11.3 Å². The summed E-state index contributed by atoms with van der Waals surface area (Å²) in [6, 6.07) is 9.74. The van der Waals surface area contributed by atoms with Crippen LogP contribution in [0.3, 0.4) is 0 Å². The number of carbonyl (C=O) groups excluding carboxylic acids is 1. The molecular weight excluding hydrogens is 489 g/mol. The van der Waals surface area contributed by atoms with Gasteiger partial charge in [-0.2, -0.15) is 13.2 Å². The maximum absolute atomic E-state index is 13.3. The first-order chi connectivity index (χ1) is 15.7. The van der Waals surface area contributed by atoms with Gasteiger partial charge >= 0.3 is 12.1 Å². The van der Waals surface area contributed by atoms with E-state index in [0.717, 1.165) is 19.3 Å². The topological polar surface area (TPSA) is 66.9 Å². The molecule has 0 aliphatic carbocycles. The van der Waals surface area contributed by atoms with Crippen LogP contribution in [0.4, 0.5) is 13.2 Å². The molecule has 0 spiro atoms. The van der Waals surface area contributed by atoms with Gasteiger partial charge < -0.3 is 14.5 Å². The van der Waals surface area contributed by atoms with Crippen molar-refractivity contribution in [2.45, 2.75) is 18.0 Å². The van der Waals surface area contributed by atoms with E-state index in [2.05, 4.69) is 0 Å². The molecule has 0 saturated carbocycles. The normalized spacial score (nSPS) is 13.7. The Morgan fingerprint density at radius 2 is 1.85 bits per heavy atom. The molecule has 1 aromatic heterocycles. The molecule has 0 N–H and O–H groups in total. The molecule has 0 amide bonds. The van der Waals surface area contributed by atoms with Gasteiger partial charge in [0.25, 0.3) is 0 Å². The molecule has 0 radical (unpaired) electrons. The molecule has 6 nitrogen and oxygen atoms in total. The van der Waals surface area contributed by atoms with Gasteiger partial charge in [0, 0.05) is 24.7 Å². The number of hydrogen-bond acceptors (Lipinski definition) is 7. The van der Waals surface area contributed by atoms with Gasteiger partial charge in [-0.05, 0) is 50.0 Å². The number of benzene rings is 1. The van der Waals surface area contributed by atoms with E-state index in [1.54, 1.807) is 24.3 Å². The highest BCUT2D eigenvalue weighted by Crippen LogP contribution is 2.36. The van der Waals surface area contributed by atoms with Gasteiger partial charge in [-0.3, -0.25) is 4.79 Å². The number of carbonyl (C=O) groups is 1. The number of sulfone groups is 1. The maximum atomic E-state index is 13.3. The molecule has 2 aromatic rings. The van der Waals surface area contributed by atoms with E-state index in [1.807, 2.05) is 19.0 Å². The highest BCUT2D eigenvalue weighted by molar-refractivity contribution is 7.90. The quantitative estimate of drug-likeness (QED) is 0.435. The van der Waals surface area contributed by atoms with E-state index in [0.29, 0.717) is 21.9 Å². The lowest BCUT2D eigenvalue weighted by Crippen LogP contribution is -2.29. The van der Waals surface area contributed by atoms with E-state index in [4.69, 9.17) is 4.74 Å². The van der Waals surface area contributed by atoms with Gasteiger partial charge in [0.05, 0.1) is 21.4 Å². The lowest BCUT2D eigenvalue weighted by molar-refractivity contribution is -0.156. The monoisotopic (exact) mass is 518 g/mol. The summed E-state index contributed by atoms with van der Waals surface area (Å²) in [4.78, 5) is 16.9. The third-order valence-corrected chi connectivity index (χ3v) is 7.18. The minimum Gasteiger partial charge on any atom is -0.463 e. The van der Waals surface area contributed by atoms with Crippen LogP contribution < -0.4 is 0 Å². The van der Waals surface area contributed by atoms with Crippen molar-refractivity contribution in [3.05, 3.63) is 47.4 Å². The molecule has 2 rings (SSSR count). The number of hydrogen-bond donors (Lipinski definition) is 0. The highest BCUT2D eigenvalue weighted by atomic mass is 32.2. The zero-order valence-electron chi connectivity index (χ0n) is 19.7. The van der Waals surface area contributed by atoms with Crippen LogP contribution in [-0.2, 0) is 19.4 Å². The molecular formula is C23H29F3N2O4S2. The van der Waals surface area contributed by atoms with Crippen molar-refractivity contribution >= 4 is 32.8 Å². The molecule has 1 unspecified atom stereocenters. The zero-order chi connectivity index (χ0) is 25.7. The van der Waals surface area contributed by atoms with E-state index in [9.17, 15) is 26.4 Å². The molecule has 0 saturated heterocycles. The van der Waals surface area contributed by atoms with Crippen molar-refractivity contribution < 1.29 is 31.1 Å². The van der Waals surface area contributed by atoms with Crippen LogP contribution in [0, 0.1) is 5.92 Å². The fourth-order valence-corrected chi connectivity index (χ4v) is 4.66. The number of rotatable bonds is 10. The average molecular weight is 519 g/mol. The average Bonchev–Trinajstić information content (AvgIpc) is 3.20. The number of halogens is 3. The van der Waals surface area contributed by atoms with Gasteiger partial charge in [-0.15, -0.1) is 11.3 Å². The lowest BCUT2D eigenvalue weighted by Gasteiger charge is -2.23. The van der Waals surface area contributed by atoms with E-state index in [1.165, 1.54) is 35.4 Å². The van der Waals surface area contributed by atoms with Crippen molar-refractivity contribution in [1.82, 2.24) is 9.80 Å². The molecule has 0 aliphatic heterocycles. The second kappa shape index (κ2) is 11.4. The second-order valence-electron chi connectivity index (χ2n) is 8.23. The molecule has 1 aromatic carbocycles. The number of ether oxygens (including phenoxy) is 1. The minimum atomic E-state index is -4.44. The summed E-state index contributed by atoms with van der Waals surface area (Å²) in [7, 11) is 1.79. The Kier molecular flexibility index (Phi) is 9.32. The number of allylic oxidation sites excluding steroid dienone is 1. The molecule has 1 atom stereocenters. The predicted molar refractivity (Wildman–Crippen MR) is 128 cm³/mol. The number of nitrogens with zero attached hydrogens (tertiary/aromatic N) is 2. The zero-order valence-corrected chi connectivity index (χ0v) is 21.4. The Morgan fingerprint density at radius 1 is 1.18 bits per heavy atom. The first kappa shape index (κ1) is 27.9. The molecule has 188 valence electrons. The molecule has 0 aliphatic rings. The molecule has 11 heteroatoms. The summed E-state index contributed by atoms with van der Waals surface area (Å²) in [6.45, 7) is 1.54. The number of likely N-dealkylation sites (N-methyl/N-ethyl adjacent to an activating group) is 2.